The summed E-state index contributed by atoms with van der Waals surface area (Å²) in [6, 6.07) is 8.22. The SMILES string of the molecule is NC1CCC(C(=O)N2CCN(Cc3cccc(Cl)c3)CC2)C1. The molecule has 2 aliphatic rings. The average Bonchev–Trinajstić information content (AvgIpc) is 2.94. The molecule has 1 aliphatic carbocycles. The highest BCUT2D eigenvalue weighted by atomic mass is 35.5. The van der Waals surface area contributed by atoms with E-state index in [1.54, 1.807) is 0 Å². The quantitative estimate of drug-likeness (QED) is 0.927. The minimum absolute atomic E-state index is 0.162. The summed E-state index contributed by atoms with van der Waals surface area (Å²) in [5.41, 5.74) is 7.15. The van der Waals surface area contributed by atoms with Gasteiger partial charge >= 0.3 is 0 Å². The van der Waals surface area contributed by atoms with E-state index in [0.29, 0.717) is 5.91 Å². The molecular formula is C17H24ClN3O. The molecule has 1 amide bonds. The highest BCUT2D eigenvalue weighted by Crippen LogP contribution is 2.26. The van der Waals surface area contributed by atoms with Gasteiger partial charge in [-0.1, -0.05) is 23.7 Å². The van der Waals surface area contributed by atoms with Crippen molar-refractivity contribution in [1.29, 1.82) is 0 Å². The number of piperazine rings is 1. The first-order valence-corrected chi connectivity index (χ1v) is 8.51. The van der Waals surface area contributed by atoms with E-state index in [1.165, 1.54) is 5.56 Å². The molecule has 1 aliphatic heterocycles. The number of hydrogen-bond acceptors (Lipinski definition) is 3. The van der Waals surface area contributed by atoms with Gasteiger partial charge in [0.15, 0.2) is 0 Å². The number of nitrogens with two attached hydrogens (primary N) is 1. The van der Waals surface area contributed by atoms with Crippen LogP contribution in [0.25, 0.3) is 0 Å². The number of nitrogens with zero attached hydrogens (tertiary/aromatic N) is 2. The van der Waals surface area contributed by atoms with Gasteiger partial charge in [0, 0.05) is 49.7 Å². The van der Waals surface area contributed by atoms with Gasteiger partial charge < -0.3 is 10.6 Å². The molecule has 0 aromatic heterocycles. The molecule has 2 unspecified atom stereocenters. The van der Waals surface area contributed by atoms with Crippen molar-refractivity contribution >= 4 is 17.5 Å². The Balaban J connectivity index is 1.49. The van der Waals surface area contributed by atoms with Crippen LogP contribution < -0.4 is 5.73 Å². The number of carbonyl (C=O) groups excluding carboxylic acids is 1. The molecule has 0 spiro atoms. The van der Waals surface area contributed by atoms with Crippen LogP contribution in [0, 0.1) is 5.92 Å². The summed E-state index contributed by atoms with van der Waals surface area (Å²) < 4.78 is 0. The van der Waals surface area contributed by atoms with Gasteiger partial charge in [-0.2, -0.15) is 0 Å². The Morgan fingerprint density at radius 3 is 2.64 bits per heavy atom. The second-order valence-electron chi connectivity index (χ2n) is 6.50. The van der Waals surface area contributed by atoms with Crippen molar-refractivity contribution < 1.29 is 4.79 Å². The van der Waals surface area contributed by atoms with Crippen molar-refractivity contribution in [3.05, 3.63) is 34.9 Å². The molecule has 1 saturated heterocycles. The van der Waals surface area contributed by atoms with Crippen LogP contribution in [0.15, 0.2) is 24.3 Å². The number of rotatable bonds is 3. The third-order valence-electron chi connectivity index (χ3n) is 4.80. The Bertz CT molecular complexity index is 528. The van der Waals surface area contributed by atoms with E-state index in [1.807, 2.05) is 23.1 Å². The van der Waals surface area contributed by atoms with Crippen molar-refractivity contribution in [2.45, 2.75) is 31.8 Å². The van der Waals surface area contributed by atoms with Crippen LogP contribution in [0.1, 0.15) is 24.8 Å². The molecule has 2 fully saturated rings. The number of amides is 1. The maximum absolute atomic E-state index is 12.5. The van der Waals surface area contributed by atoms with Gasteiger partial charge in [0.05, 0.1) is 0 Å². The van der Waals surface area contributed by atoms with E-state index in [-0.39, 0.29) is 12.0 Å². The fourth-order valence-corrected chi connectivity index (χ4v) is 3.73. The predicted octanol–water partition coefficient (Wildman–Crippen LogP) is 2.11. The van der Waals surface area contributed by atoms with Crippen molar-refractivity contribution in [2.24, 2.45) is 11.7 Å². The first kappa shape index (κ1) is 15.8. The molecule has 1 aromatic rings. The minimum atomic E-state index is 0.162. The van der Waals surface area contributed by atoms with Gasteiger partial charge in [-0.25, -0.2) is 0 Å². The van der Waals surface area contributed by atoms with Crippen LogP contribution in [-0.2, 0) is 11.3 Å². The van der Waals surface area contributed by atoms with Crippen molar-refractivity contribution in [3.8, 4) is 0 Å². The normalized spacial score (nSPS) is 26.4. The molecule has 1 heterocycles. The molecule has 2 atom stereocenters. The molecule has 2 N–H and O–H groups in total. The molecule has 120 valence electrons. The van der Waals surface area contributed by atoms with Crippen LogP contribution in [0.2, 0.25) is 5.02 Å². The van der Waals surface area contributed by atoms with Gasteiger partial charge in [-0.05, 0) is 37.0 Å². The second kappa shape index (κ2) is 6.99. The van der Waals surface area contributed by atoms with Crippen molar-refractivity contribution in [1.82, 2.24) is 9.80 Å². The molecule has 5 heteroatoms. The van der Waals surface area contributed by atoms with Gasteiger partial charge in [0.25, 0.3) is 0 Å². The Hall–Kier alpha value is -1.10. The van der Waals surface area contributed by atoms with Crippen LogP contribution in [0.3, 0.4) is 0 Å². The molecule has 3 rings (SSSR count). The van der Waals surface area contributed by atoms with E-state index >= 15 is 0 Å². The zero-order chi connectivity index (χ0) is 15.5. The second-order valence-corrected chi connectivity index (χ2v) is 6.94. The molecule has 1 saturated carbocycles. The predicted molar refractivity (Wildman–Crippen MR) is 88.6 cm³/mol. The first-order chi connectivity index (χ1) is 10.6. The summed E-state index contributed by atoms with van der Waals surface area (Å²) in [7, 11) is 0. The number of hydrogen-bond donors (Lipinski definition) is 1. The molecule has 0 bridgehead atoms. The van der Waals surface area contributed by atoms with Crippen molar-refractivity contribution in [3.63, 3.8) is 0 Å². The molecule has 4 nitrogen and oxygen atoms in total. The average molecular weight is 322 g/mol. The zero-order valence-electron chi connectivity index (χ0n) is 12.9. The van der Waals surface area contributed by atoms with E-state index in [2.05, 4.69) is 11.0 Å². The standard InChI is InChI=1S/C17H24ClN3O/c18-15-3-1-2-13(10-15)12-20-6-8-21(9-7-20)17(22)14-4-5-16(19)11-14/h1-3,10,14,16H,4-9,11-12,19H2. The summed E-state index contributed by atoms with van der Waals surface area (Å²) in [6.45, 7) is 4.40. The summed E-state index contributed by atoms with van der Waals surface area (Å²) in [6.07, 6.45) is 2.81. The monoisotopic (exact) mass is 321 g/mol. The van der Waals surface area contributed by atoms with E-state index < -0.39 is 0 Å². The Labute approximate surface area is 137 Å². The molecule has 0 radical (unpaired) electrons. The summed E-state index contributed by atoms with van der Waals surface area (Å²) >= 11 is 6.03. The third-order valence-corrected chi connectivity index (χ3v) is 5.04. The van der Waals surface area contributed by atoms with Crippen LogP contribution >= 0.6 is 11.6 Å². The van der Waals surface area contributed by atoms with E-state index in [9.17, 15) is 4.79 Å². The lowest BCUT2D eigenvalue weighted by Crippen LogP contribution is -2.49. The molecule has 22 heavy (non-hydrogen) atoms. The van der Waals surface area contributed by atoms with Crippen LogP contribution in [0.5, 0.6) is 0 Å². The lowest BCUT2D eigenvalue weighted by molar-refractivity contribution is -0.137. The summed E-state index contributed by atoms with van der Waals surface area (Å²) in [5, 5.41) is 0.781. The maximum atomic E-state index is 12.5. The highest BCUT2D eigenvalue weighted by molar-refractivity contribution is 6.30. The largest absolute Gasteiger partial charge is 0.340 e. The Morgan fingerprint density at radius 2 is 2.00 bits per heavy atom. The van der Waals surface area contributed by atoms with E-state index in [0.717, 1.165) is 57.0 Å². The highest BCUT2D eigenvalue weighted by Gasteiger charge is 2.32. The maximum Gasteiger partial charge on any atom is 0.225 e. The van der Waals surface area contributed by atoms with Crippen molar-refractivity contribution in [2.75, 3.05) is 26.2 Å². The zero-order valence-corrected chi connectivity index (χ0v) is 13.6. The third kappa shape index (κ3) is 3.80. The first-order valence-electron chi connectivity index (χ1n) is 8.13. The number of halogens is 1. The number of benzene rings is 1. The fourth-order valence-electron chi connectivity index (χ4n) is 3.52. The smallest absolute Gasteiger partial charge is 0.225 e. The van der Waals surface area contributed by atoms with Crippen LogP contribution in [-0.4, -0.2) is 47.9 Å². The lowest BCUT2D eigenvalue weighted by atomic mass is 10.1. The Morgan fingerprint density at radius 1 is 1.23 bits per heavy atom. The van der Waals surface area contributed by atoms with Gasteiger partial charge in [-0.3, -0.25) is 9.69 Å². The Kier molecular flexibility index (Phi) is 5.01. The topological polar surface area (TPSA) is 49.6 Å². The van der Waals surface area contributed by atoms with E-state index in [4.69, 9.17) is 17.3 Å². The fraction of sp³-hybridized carbons (Fsp3) is 0.588. The minimum Gasteiger partial charge on any atom is -0.340 e. The van der Waals surface area contributed by atoms with Gasteiger partial charge in [-0.15, -0.1) is 0 Å². The van der Waals surface area contributed by atoms with Gasteiger partial charge in [0.1, 0.15) is 0 Å². The van der Waals surface area contributed by atoms with Gasteiger partial charge in [0.2, 0.25) is 5.91 Å². The van der Waals surface area contributed by atoms with Crippen LogP contribution in [0.4, 0.5) is 0 Å². The number of carbonyl (C=O) groups is 1. The summed E-state index contributed by atoms with van der Waals surface area (Å²) in [5.74, 6) is 0.477. The summed E-state index contributed by atoms with van der Waals surface area (Å²) in [4.78, 5) is 16.9. The molecule has 1 aromatic carbocycles. The lowest BCUT2D eigenvalue weighted by Gasteiger charge is -2.36. The molecular weight excluding hydrogens is 298 g/mol.